The number of nitrogens with zero attached hydrogens (tertiary/aromatic N) is 3. The van der Waals surface area contributed by atoms with Gasteiger partial charge in [-0.05, 0) is 24.1 Å². The molecule has 3 aromatic rings. The SMILES string of the molecule is CCc1ccc(-c2nn(-c3ccccc3)cc2C(=O)NCCN2CCOCC2)cc1. The number of benzene rings is 2. The van der Waals surface area contributed by atoms with Crippen molar-refractivity contribution in [1.29, 1.82) is 0 Å². The first kappa shape index (κ1) is 20.3. The van der Waals surface area contributed by atoms with Gasteiger partial charge in [0.05, 0.1) is 24.5 Å². The molecule has 6 heteroatoms. The Morgan fingerprint density at radius 1 is 1.07 bits per heavy atom. The number of aromatic nitrogens is 2. The van der Waals surface area contributed by atoms with Crippen LogP contribution in [0.3, 0.4) is 0 Å². The van der Waals surface area contributed by atoms with Crippen molar-refractivity contribution in [2.24, 2.45) is 0 Å². The van der Waals surface area contributed by atoms with E-state index in [1.165, 1.54) is 5.56 Å². The molecule has 2 aromatic carbocycles. The Bertz CT molecular complexity index is 961. The Morgan fingerprint density at radius 2 is 1.80 bits per heavy atom. The maximum Gasteiger partial charge on any atom is 0.255 e. The van der Waals surface area contributed by atoms with Gasteiger partial charge < -0.3 is 10.1 Å². The van der Waals surface area contributed by atoms with Crippen LogP contribution >= 0.6 is 0 Å². The minimum atomic E-state index is -0.0972. The number of carbonyl (C=O) groups excluding carboxylic acids is 1. The molecule has 2 heterocycles. The van der Waals surface area contributed by atoms with E-state index in [1.54, 1.807) is 4.68 Å². The second-order valence-electron chi connectivity index (χ2n) is 7.43. The van der Waals surface area contributed by atoms with Gasteiger partial charge in [0.2, 0.25) is 0 Å². The fourth-order valence-corrected chi connectivity index (χ4v) is 3.61. The third-order valence-electron chi connectivity index (χ3n) is 5.43. The topological polar surface area (TPSA) is 59.4 Å². The summed E-state index contributed by atoms with van der Waals surface area (Å²) in [6.45, 7) is 6.90. The van der Waals surface area contributed by atoms with E-state index < -0.39 is 0 Å². The van der Waals surface area contributed by atoms with Gasteiger partial charge in [0.15, 0.2) is 0 Å². The smallest absolute Gasteiger partial charge is 0.255 e. The average molecular weight is 405 g/mol. The van der Waals surface area contributed by atoms with Crippen LogP contribution < -0.4 is 5.32 Å². The molecule has 1 aromatic heterocycles. The predicted molar refractivity (Wildman–Crippen MR) is 118 cm³/mol. The molecule has 0 atom stereocenters. The summed E-state index contributed by atoms with van der Waals surface area (Å²) in [4.78, 5) is 15.3. The summed E-state index contributed by atoms with van der Waals surface area (Å²) in [5.74, 6) is -0.0972. The van der Waals surface area contributed by atoms with E-state index in [0.29, 0.717) is 17.8 Å². The Balaban J connectivity index is 1.56. The molecular weight excluding hydrogens is 376 g/mol. The van der Waals surface area contributed by atoms with Crippen LogP contribution in [-0.2, 0) is 11.2 Å². The second-order valence-corrected chi connectivity index (χ2v) is 7.43. The maximum atomic E-state index is 13.0. The van der Waals surface area contributed by atoms with Gasteiger partial charge in [0.25, 0.3) is 5.91 Å². The first-order valence-electron chi connectivity index (χ1n) is 10.6. The number of morpholine rings is 1. The lowest BCUT2D eigenvalue weighted by Crippen LogP contribution is -2.41. The van der Waals surface area contributed by atoms with E-state index >= 15 is 0 Å². The molecule has 0 unspecified atom stereocenters. The quantitative estimate of drug-likeness (QED) is 0.657. The summed E-state index contributed by atoms with van der Waals surface area (Å²) in [6.07, 6.45) is 2.80. The molecular formula is C24H28N4O2. The summed E-state index contributed by atoms with van der Waals surface area (Å²) in [5.41, 5.74) is 4.42. The number of hydrogen-bond donors (Lipinski definition) is 1. The van der Waals surface area contributed by atoms with Crippen molar-refractivity contribution in [2.75, 3.05) is 39.4 Å². The molecule has 4 rings (SSSR count). The summed E-state index contributed by atoms with van der Waals surface area (Å²) in [6, 6.07) is 18.1. The van der Waals surface area contributed by atoms with Gasteiger partial charge in [-0.3, -0.25) is 9.69 Å². The van der Waals surface area contributed by atoms with Crippen LogP contribution in [0.5, 0.6) is 0 Å². The lowest BCUT2D eigenvalue weighted by atomic mass is 10.0. The van der Waals surface area contributed by atoms with Gasteiger partial charge in [0.1, 0.15) is 5.69 Å². The zero-order valence-corrected chi connectivity index (χ0v) is 17.4. The number of nitrogens with one attached hydrogen (secondary N) is 1. The van der Waals surface area contributed by atoms with Crippen LogP contribution in [0, 0.1) is 0 Å². The standard InChI is InChI=1S/C24H28N4O2/c1-2-19-8-10-20(11-9-19)23-22(18-28(26-23)21-6-4-3-5-7-21)24(29)25-12-13-27-14-16-30-17-15-27/h3-11,18H,2,12-17H2,1H3,(H,25,29). The molecule has 0 spiro atoms. The molecule has 0 aliphatic carbocycles. The second kappa shape index (κ2) is 9.69. The first-order valence-corrected chi connectivity index (χ1v) is 10.6. The van der Waals surface area contributed by atoms with Crippen molar-refractivity contribution in [3.63, 3.8) is 0 Å². The van der Waals surface area contributed by atoms with Crippen LogP contribution in [-0.4, -0.2) is 60.0 Å². The van der Waals surface area contributed by atoms with E-state index in [9.17, 15) is 4.79 Å². The molecule has 1 N–H and O–H groups in total. The maximum absolute atomic E-state index is 13.0. The van der Waals surface area contributed by atoms with E-state index in [0.717, 1.165) is 50.5 Å². The number of amides is 1. The van der Waals surface area contributed by atoms with Gasteiger partial charge in [-0.25, -0.2) is 4.68 Å². The van der Waals surface area contributed by atoms with Crippen molar-refractivity contribution < 1.29 is 9.53 Å². The van der Waals surface area contributed by atoms with E-state index in [-0.39, 0.29) is 5.91 Å². The summed E-state index contributed by atoms with van der Waals surface area (Å²) in [5, 5.41) is 7.82. The van der Waals surface area contributed by atoms with Crippen molar-refractivity contribution >= 4 is 5.91 Å². The molecule has 6 nitrogen and oxygen atoms in total. The Kier molecular flexibility index (Phi) is 6.57. The van der Waals surface area contributed by atoms with Crippen molar-refractivity contribution in [2.45, 2.75) is 13.3 Å². The molecule has 1 aliphatic heterocycles. The number of para-hydroxylation sites is 1. The van der Waals surface area contributed by atoms with Gasteiger partial charge in [-0.2, -0.15) is 5.10 Å². The van der Waals surface area contributed by atoms with Crippen molar-refractivity contribution in [3.8, 4) is 16.9 Å². The predicted octanol–water partition coefficient (Wildman–Crippen LogP) is 3.16. The van der Waals surface area contributed by atoms with Crippen LogP contribution in [0.1, 0.15) is 22.8 Å². The average Bonchev–Trinajstić information content (AvgIpc) is 3.26. The van der Waals surface area contributed by atoms with Crippen LogP contribution in [0.15, 0.2) is 60.8 Å². The molecule has 1 amide bonds. The molecule has 30 heavy (non-hydrogen) atoms. The van der Waals surface area contributed by atoms with Crippen molar-refractivity contribution in [1.82, 2.24) is 20.0 Å². The molecule has 1 fully saturated rings. The van der Waals surface area contributed by atoms with E-state index in [2.05, 4.69) is 29.3 Å². The minimum Gasteiger partial charge on any atom is -0.379 e. The monoisotopic (exact) mass is 404 g/mol. The molecule has 1 aliphatic rings. The molecule has 156 valence electrons. The highest BCUT2D eigenvalue weighted by Crippen LogP contribution is 2.24. The van der Waals surface area contributed by atoms with Crippen molar-refractivity contribution in [3.05, 3.63) is 71.9 Å². The van der Waals surface area contributed by atoms with Gasteiger partial charge >= 0.3 is 0 Å². The molecule has 0 radical (unpaired) electrons. The number of ether oxygens (including phenoxy) is 1. The zero-order valence-electron chi connectivity index (χ0n) is 17.4. The lowest BCUT2D eigenvalue weighted by Gasteiger charge is -2.26. The number of carbonyl (C=O) groups is 1. The van der Waals surface area contributed by atoms with E-state index in [4.69, 9.17) is 9.84 Å². The molecule has 0 saturated carbocycles. The third kappa shape index (κ3) is 4.78. The van der Waals surface area contributed by atoms with Gasteiger partial charge in [-0.1, -0.05) is 49.4 Å². The summed E-state index contributed by atoms with van der Waals surface area (Å²) >= 11 is 0. The number of aryl methyl sites for hydroxylation is 1. The van der Waals surface area contributed by atoms with Gasteiger partial charge in [-0.15, -0.1) is 0 Å². The van der Waals surface area contributed by atoms with Crippen LogP contribution in [0.2, 0.25) is 0 Å². The third-order valence-corrected chi connectivity index (χ3v) is 5.43. The number of rotatable bonds is 7. The highest BCUT2D eigenvalue weighted by atomic mass is 16.5. The Labute approximate surface area is 177 Å². The highest BCUT2D eigenvalue weighted by Gasteiger charge is 2.19. The summed E-state index contributed by atoms with van der Waals surface area (Å²) in [7, 11) is 0. The molecule has 0 bridgehead atoms. The first-order chi connectivity index (χ1) is 14.7. The lowest BCUT2D eigenvalue weighted by molar-refractivity contribution is 0.0383. The zero-order chi connectivity index (χ0) is 20.8. The largest absolute Gasteiger partial charge is 0.379 e. The van der Waals surface area contributed by atoms with Crippen LogP contribution in [0.4, 0.5) is 0 Å². The molecule has 1 saturated heterocycles. The minimum absolute atomic E-state index is 0.0972. The Morgan fingerprint density at radius 3 is 2.50 bits per heavy atom. The Hall–Kier alpha value is -2.96. The summed E-state index contributed by atoms with van der Waals surface area (Å²) < 4.78 is 7.16. The fraction of sp³-hybridized carbons (Fsp3) is 0.333. The van der Waals surface area contributed by atoms with Crippen LogP contribution in [0.25, 0.3) is 16.9 Å². The number of hydrogen-bond acceptors (Lipinski definition) is 4. The highest BCUT2D eigenvalue weighted by molar-refractivity contribution is 5.99. The normalized spacial score (nSPS) is 14.6. The van der Waals surface area contributed by atoms with Gasteiger partial charge in [0, 0.05) is 37.9 Å². The van der Waals surface area contributed by atoms with E-state index in [1.807, 2.05) is 48.7 Å². The fourth-order valence-electron chi connectivity index (χ4n) is 3.61.